The predicted molar refractivity (Wildman–Crippen MR) is 191 cm³/mol. The van der Waals surface area contributed by atoms with Crippen LogP contribution in [0.1, 0.15) is 107 Å². The number of hydrogen-bond donors (Lipinski definition) is 0. The van der Waals surface area contributed by atoms with Crippen LogP contribution in [0.25, 0.3) is 11.1 Å². The van der Waals surface area contributed by atoms with Gasteiger partial charge in [-0.1, -0.05) is 43.3 Å². The van der Waals surface area contributed by atoms with Gasteiger partial charge in [0.25, 0.3) is 0 Å². The molecule has 0 amide bonds. The summed E-state index contributed by atoms with van der Waals surface area (Å²) in [6, 6.07) is 24.6. The maximum atomic E-state index is 13.0. The molecule has 0 aromatic heterocycles. The molecule has 0 radical (unpaired) electrons. The molecule has 3 aromatic carbocycles. The first kappa shape index (κ1) is 33.8. The van der Waals surface area contributed by atoms with Gasteiger partial charge in [0.05, 0.1) is 24.8 Å². The molecule has 5 heteroatoms. The predicted octanol–water partition coefficient (Wildman–Crippen LogP) is 10.4. The quantitative estimate of drug-likeness (QED) is 0.0935. The molecule has 6 rings (SSSR count). The van der Waals surface area contributed by atoms with Crippen molar-refractivity contribution in [2.45, 2.75) is 102 Å². The zero-order chi connectivity index (χ0) is 33.3. The van der Waals surface area contributed by atoms with Crippen molar-refractivity contribution >= 4 is 5.97 Å². The van der Waals surface area contributed by atoms with Crippen LogP contribution < -0.4 is 9.47 Å². The van der Waals surface area contributed by atoms with Crippen molar-refractivity contribution in [2.75, 3.05) is 13.2 Å². The van der Waals surface area contributed by atoms with E-state index >= 15 is 0 Å². The van der Waals surface area contributed by atoms with E-state index < -0.39 is 0 Å². The molecule has 3 aromatic rings. The number of nitriles is 1. The van der Waals surface area contributed by atoms with Crippen LogP contribution >= 0.6 is 0 Å². The summed E-state index contributed by atoms with van der Waals surface area (Å²) in [5.74, 6) is 3.74. The highest BCUT2D eigenvalue weighted by molar-refractivity contribution is 5.69. The Bertz CT molecular complexity index is 1570. The van der Waals surface area contributed by atoms with Gasteiger partial charge in [-0.25, -0.2) is 0 Å². The Balaban J connectivity index is 0.908. The highest BCUT2D eigenvalue weighted by atomic mass is 16.5. The third-order valence-electron chi connectivity index (χ3n) is 11.5. The lowest BCUT2D eigenvalue weighted by Crippen LogP contribution is -2.45. The summed E-state index contributed by atoms with van der Waals surface area (Å²) in [7, 11) is 0. The lowest BCUT2D eigenvalue weighted by atomic mass is 9.55. The molecule has 0 N–H and O–H groups in total. The highest BCUT2D eigenvalue weighted by Gasteiger charge is 2.56. The first-order chi connectivity index (χ1) is 23.5. The maximum Gasteiger partial charge on any atom is 0.306 e. The van der Waals surface area contributed by atoms with E-state index in [1.54, 1.807) is 0 Å². The van der Waals surface area contributed by atoms with Crippen LogP contribution in [0.4, 0.5) is 0 Å². The molecule has 0 unspecified atom stereocenters. The molecular formula is C43H51NO4. The number of aryl methyl sites for hydroxylation is 1. The van der Waals surface area contributed by atoms with Gasteiger partial charge in [0.15, 0.2) is 0 Å². The first-order valence-electron chi connectivity index (χ1n) is 18.3. The van der Waals surface area contributed by atoms with E-state index in [1.165, 1.54) is 30.4 Å². The SMILES string of the molecule is C=CCCCCOc1ccc2c(c1)CC[C@@H]1[C@@H]2CC[C@]2(C)[C@@H](OC(=O)CCCCCOc3ccc(-c4ccc(C#N)cc4)cc3)CC[C@@H]12. The smallest absolute Gasteiger partial charge is 0.306 e. The van der Waals surface area contributed by atoms with Crippen LogP contribution in [0.3, 0.4) is 0 Å². The van der Waals surface area contributed by atoms with E-state index in [2.05, 4.69) is 37.8 Å². The Morgan fingerprint density at radius 2 is 1.58 bits per heavy atom. The first-order valence-corrected chi connectivity index (χ1v) is 18.3. The minimum Gasteiger partial charge on any atom is -0.494 e. The second kappa shape index (κ2) is 15.9. The largest absolute Gasteiger partial charge is 0.494 e. The van der Waals surface area contributed by atoms with Crippen LogP contribution in [-0.4, -0.2) is 25.3 Å². The Hall–Kier alpha value is -4.04. The van der Waals surface area contributed by atoms with Crippen LogP contribution in [0.15, 0.2) is 79.4 Å². The van der Waals surface area contributed by atoms with Crippen molar-refractivity contribution in [3.05, 3.63) is 96.1 Å². The Morgan fingerprint density at radius 3 is 2.33 bits per heavy atom. The zero-order valence-corrected chi connectivity index (χ0v) is 28.6. The van der Waals surface area contributed by atoms with Gasteiger partial charge >= 0.3 is 5.97 Å². The zero-order valence-electron chi connectivity index (χ0n) is 28.6. The van der Waals surface area contributed by atoms with Gasteiger partial charge in [-0.3, -0.25) is 4.79 Å². The molecule has 5 nitrogen and oxygen atoms in total. The number of esters is 1. The summed E-state index contributed by atoms with van der Waals surface area (Å²) in [6.45, 7) is 7.61. The minimum absolute atomic E-state index is 0.0330. The summed E-state index contributed by atoms with van der Waals surface area (Å²) in [5.41, 5.74) is 5.94. The average molecular weight is 646 g/mol. The number of benzene rings is 3. The van der Waals surface area contributed by atoms with Gasteiger partial charge in [-0.05, 0) is 153 Å². The average Bonchev–Trinajstić information content (AvgIpc) is 3.45. The van der Waals surface area contributed by atoms with Gasteiger partial charge in [0.1, 0.15) is 17.6 Å². The second-order valence-electron chi connectivity index (χ2n) is 14.4. The second-order valence-corrected chi connectivity index (χ2v) is 14.4. The van der Waals surface area contributed by atoms with Gasteiger partial charge < -0.3 is 14.2 Å². The molecule has 252 valence electrons. The van der Waals surface area contributed by atoms with Crippen LogP contribution in [0.5, 0.6) is 11.5 Å². The van der Waals surface area contributed by atoms with Gasteiger partial charge in [-0.2, -0.15) is 5.26 Å². The molecule has 3 aliphatic rings. The van der Waals surface area contributed by atoms with E-state index in [9.17, 15) is 4.79 Å². The highest BCUT2D eigenvalue weighted by Crippen LogP contribution is 2.61. The number of allylic oxidation sites excluding steroid dienone is 1. The van der Waals surface area contributed by atoms with Crippen LogP contribution in [0.2, 0.25) is 0 Å². The molecular weight excluding hydrogens is 594 g/mol. The fourth-order valence-corrected chi connectivity index (χ4v) is 8.81. The molecule has 0 spiro atoms. The Morgan fingerprint density at radius 1 is 0.875 bits per heavy atom. The number of carbonyl (C=O) groups excluding carboxylic acids is 1. The Labute approximate surface area is 287 Å². The van der Waals surface area contributed by atoms with E-state index in [0.717, 1.165) is 87.0 Å². The number of rotatable bonds is 15. The summed E-state index contributed by atoms with van der Waals surface area (Å²) >= 11 is 0. The summed E-state index contributed by atoms with van der Waals surface area (Å²) in [4.78, 5) is 13.0. The lowest BCUT2D eigenvalue weighted by molar-refractivity contribution is -0.157. The molecule has 2 fully saturated rings. The standard InChI is InChI=1S/C43H51NO4/c1-3-4-5-8-28-47-36-20-22-37-34(29-36)17-21-39-38(37)25-26-43(2)40(39)23-24-41(43)48-42(45)10-7-6-9-27-46-35-18-15-33(16-19-35)32-13-11-31(30-44)12-14-32/h3,11-16,18-20,22,29,38-41H,1,4-10,17,21,23-28H2,2H3/t38-,39-,40+,41+,43+/m1/s1. The topological polar surface area (TPSA) is 68.6 Å². The summed E-state index contributed by atoms with van der Waals surface area (Å²) in [5, 5.41) is 9.00. The van der Waals surface area contributed by atoms with Crippen LogP contribution in [0, 0.1) is 28.6 Å². The van der Waals surface area contributed by atoms with Gasteiger partial charge in [-0.15, -0.1) is 6.58 Å². The van der Waals surface area contributed by atoms with Gasteiger partial charge in [0.2, 0.25) is 0 Å². The van der Waals surface area contributed by atoms with Crippen LogP contribution in [-0.2, 0) is 16.0 Å². The number of fused-ring (bicyclic) bond motifs is 5. The van der Waals surface area contributed by atoms with Crippen molar-refractivity contribution in [1.82, 2.24) is 0 Å². The molecule has 0 heterocycles. The molecule has 0 aliphatic heterocycles. The molecule has 0 saturated heterocycles. The number of hydrogen-bond acceptors (Lipinski definition) is 5. The van der Waals surface area contributed by atoms with Crippen molar-refractivity contribution in [1.29, 1.82) is 5.26 Å². The van der Waals surface area contributed by atoms with E-state index in [1.807, 2.05) is 54.6 Å². The molecule has 0 bridgehead atoms. The van der Waals surface area contributed by atoms with E-state index in [4.69, 9.17) is 19.5 Å². The third-order valence-corrected chi connectivity index (χ3v) is 11.5. The third kappa shape index (κ3) is 7.81. The van der Waals surface area contributed by atoms with Crippen molar-refractivity contribution in [3.63, 3.8) is 0 Å². The number of carbonyl (C=O) groups is 1. The molecule has 2 saturated carbocycles. The maximum absolute atomic E-state index is 13.0. The minimum atomic E-state index is -0.0330. The lowest BCUT2D eigenvalue weighted by Gasteiger charge is -2.50. The number of unbranched alkanes of at least 4 members (excludes halogenated alkanes) is 4. The van der Waals surface area contributed by atoms with Gasteiger partial charge in [0, 0.05) is 11.8 Å². The molecule has 3 aliphatic carbocycles. The molecule has 48 heavy (non-hydrogen) atoms. The monoisotopic (exact) mass is 645 g/mol. The number of nitrogens with zero attached hydrogens (tertiary/aromatic N) is 1. The number of ether oxygens (including phenoxy) is 3. The summed E-state index contributed by atoms with van der Waals surface area (Å²) in [6.07, 6.45) is 15.2. The normalized spacial score (nSPS) is 24.0. The van der Waals surface area contributed by atoms with E-state index in [-0.39, 0.29) is 17.5 Å². The van der Waals surface area contributed by atoms with Crippen molar-refractivity contribution in [3.8, 4) is 28.7 Å². The van der Waals surface area contributed by atoms with Crippen molar-refractivity contribution in [2.24, 2.45) is 17.3 Å². The fourth-order valence-electron chi connectivity index (χ4n) is 8.81. The molecule has 5 atom stereocenters. The fraction of sp³-hybridized carbons (Fsp3) is 0.488. The van der Waals surface area contributed by atoms with Crippen molar-refractivity contribution < 1.29 is 19.0 Å². The summed E-state index contributed by atoms with van der Waals surface area (Å²) < 4.78 is 18.3. The van der Waals surface area contributed by atoms with E-state index in [0.29, 0.717) is 36.3 Å². The Kier molecular flexibility index (Phi) is 11.2.